The number of methoxy groups -OCH3 is 1. The molecule has 4 aromatic rings. The first-order valence-corrected chi connectivity index (χ1v) is 12.0. The second kappa shape index (κ2) is 10.7. The Morgan fingerprint density at radius 1 is 1.12 bits per heavy atom. The number of carbonyl (C=O) groups excluding carboxylic acids is 1. The van der Waals surface area contributed by atoms with Crippen molar-refractivity contribution in [3.8, 4) is 5.75 Å². The zero-order valence-corrected chi connectivity index (χ0v) is 20.2. The Labute approximate surface area is 201 Å². The SMILES string of the molecule is COc1ccc(NC(=O)CSc2nnc3n(CCCOC(C)C)c(=O)c4ccccc4n23)cc1. The first-order chi connectivity index (χ1) is 16.5. The average molecular weight is 482 g/mol. The number of anilines is 1. The Kier molecular flexibility index (Phi) is 7.49. The molecular weight excluding hydrogens is 454 g/mol. The van der Waals surface area contributed by atoms with E-state index < -0.39 is 0 Å². The number of nitrogens with one attached hydrogen (secondary N) is 1. The van der Waals surface area contributed by atoms with Crippen molar-refractivity contribution in [2.24, 2.45) is 0 Å². The number of fused-ring (bicyclic) bond motifs is 3. The van der Waals surface area contributed by atoms with Crippen LogP contribution in [0.4, 0.5) is 5.69 Å². The summed E-state index contributed by atoms with van der Waals surface area (Å²) in [6.07, 6.45) is 0.805. The number of rotatable bonds is 10. The van der Waals surface area contributed by atoms with Crippen molar-refractivity contribution in [1.82, 2.24) is 19.2 Å². The summed E-state index contributed by atoms with van der Waals surface area (Å²) in [5, 5.41) is 12.6. The van der Waals surface area contributed by atoms with E-state index in [0.29, 0.717) is 47.1 Å². The number of aryl methyl sites for hydroxylation is 1. The highest BCUT2D eigenvalue weighted by molar-refractivity contribution is 7.99. The number of thioether (sulfide) groups is 1. The van der Waals surface area contributed by atoms with Crippen LogP contribution in [0.1, 0.15) is 20.3 Å². The van der Waals surface area contributed by atoms with Crippen LogP contribution < -0.4 is 15.6 Å². The highest BCUT2D eigenvalue weighted by Crippen LogP contribution is 2.22. The third-order valence-electron chi connectivity index (χ3n) is 5.16. The molecule has 2 aromatic heterocycles. The van der Waals surface area contributed by atoms with Gasteiger partial charge in [-0.1, -0.05) is 23.9 Å². The van der Waals surface area contributed by atoms with Crippen LogP contribution in [0.15, 0.2) is 58.5 Å². The smallest absolute Gasteiger partial charge is 0.262 e. The van der Waals surface area contributed by atoms with Gasteiger partial charge in [-0.15, -0.1) is 10.2 Å². The predicted molar refractivity (Wildman–Crippen MR) is 133 cm³/mol. The predicted octanol–water partition coefficient (Wildman–Crippen LogP) is 3.60. The third kappa shape index (κ3) is 5.23. The van der Waals surface area contributed by atoms with Gasteiger partial charge in [0.15, 0.2) is 5.16 Å². The molecular formula is C24H27N5O4S. The maximum atomic E-state index is 13.2. The molecule has 1 amide bonds. The summed E-state index contributed by atoms with van der Waals surface area (Å²) >= 11 is 1.27. The summed E-state index contributed by atoms with van der Waals surface area (Å²) in [5.74, 6) is 1.14. The summed E-state index contributed by atoms with van der Waals surface area (Å²) in [6, 6.07) is 14.5. The number of nitrogens with zero attached hydrogens (tertiary/aromatic N) is 4. The highest BCUT2D eigenvalue weighted by atomic mass is 32.2. The van der Waals surface area contributed by atoms with E-state index in [2.05, 4.69) is 15.5 Å². The molecule has 2 aromatic carbocycles. The minimum atomic E-state index is -0.171. The van der Waals surface area contributed by atoms with Crippen molar-refractivity contribution in [2.45, 2.75) is 38.1 Å². The first kappa shape index (κ1) is 23.8. The van der Waals surface area contributed by atoms with Crippen LogP contribution in [0.25, 0.3) is 16.7 Å². The zero-order chi connectivity index (χ0) is 24.1. The van der Waals surface area contributed by atoms with Crippen molar-refractivity contribution in [3.05, 3.63) is 58.9 Å². The van der Waals surface area contributed by atoms with Gasteiger partial charge in [-0.3, -0.25) is 18.6 Å². The van der Waals surface area contributed by atoms with Gasteiger partial charge in [0, 0.05) is 18.8 Å². The molecule has 0 unspecified atom stereocenters. The Balaban J connectivity index is 1.57. The maximum absolute atomic E-state index is 13.2. The molecule has 0 saturated heterocycles. The van der Waals surface area contributed by atoms with E-state index in [0.717, 1.165) is 5.75 Å². The Morgan fingerprint density at radius 2 is 1.88 bits per heavy atom. The molecule has 0 fully saturated rings. The lowest BCUT2D eigenvalue weighted by Gasteiger charge is -2.12. The molecule has 2 heterocycles. The summed E-state index contributed by atoms with van der Waals surface area (Å²) in [5.41, 5.74) is 1.27. The summed E-state index contributed by atoms with van der Waals surface area (Å²) in [4.78, 5) is 25.7. The van der Waals surface area contributed by atoms with Crippen LogP contribution in [0, 0.1) is 0 Å². The number of para-hydroxylation sites is 1. The molecule has 0 aliphatic carbocycles. The first-order valence-electron chi connectivity index (χ1n) is 11.0. The quantitative estimate of drug-likeness (QED) is 0.273. The lowest BCUT2D eigenvalue weighted by atomic mass is 10.2. The second-order valence-corrected chi connectivity index (χ2v) is 8.87. The maximum Gasteiger partial charge on any atom is 0.262 e. The molecule has 9 nitrogen and oxygen atoms in total. The molecule has 0 aliphatic rings. The second-order valence-electron chi connectivity index (χ2n) is 7.93. The van der Waals surface area contributed by atoms with Crippen LogP contribution in [0.2, 0.25) is 0 Å². The van der Waals surface area contributed by atoms with Crippen molar-refractivity contribution >= 4 is 40.0 Å². The van der Waals surface area contributed by atoms with Gasteiger partial charge in [0.1, 0.15) is 5.75 Å². The van der Waals surface area contributed by atoms with Gasteiger partial charge in [-0.2, -0.15) is 0 Å². The van der Waals surface area contributed by atoms with Crippen LogP contribution in [0.3, 0.4) is 0 Å². The Morgan fingerprint density at radius 3 is 2.62 bits per heavy atom. The van der Waals surface area contributed by atoms with Gasteiger partial charge < -0.3 is 14.8 Å². The molecule has 10 heteroatoms. The van der Waals surface area contributed by atoms with Gasteiger partial charge in [0.2, 0.25) is 11.7 Å². The van der Waals surface area contributed by atoms with E-state index in [9.17, 15) is 9.59 Å². The summed E-state index contributed by atoms with van der Waals surface area (Å²) in [7, 11) is 1.59. The van der Waals surface area contributed by atoms with Gasteiger partial charge >= 0.3 is 0 Å². The summed E-state index contributed by atoms with van der Waals surface area (Å²) in [6.45, 7) is 4.96. The van der Waals surface area contributed by atoms with E-state index in [1.165, 1.54) is 11.8 Å². The van der Waals surface area contributed by atoms with E-state index in [1.54, 1.807) is 42.0 Å². The third-order valence-corrected chi connectivity index (χ3v) is 6.09. The van der Waals surface area contributed by atoms with Crippen molar-refractivity contribution in [2.75, 3.05) is 24.8 Å². The van der Waals surface area contributed by atoms with E-state index in [-0.39, 0.29) is 23.3 Å². The Bertz CT molecular complexity index is 1350. The van der Waals surface area contributed by atoms with Crippen LogP contribution in [0.5, 0.6) is 5.75 Å². The van der Waals surface area contributed by atoms with Gasteiger partial charge in [-0.25, -0.2) is 0 Å². The fourth-order valence-electron chi connectivity index (χ4n) is 3.57. The molecule has 0 atom stereocenters. The van der Waals surface area contributed by atoms with Gasteiger partial charge in [-0.05, 0) is 56.7 Å². The van der Waals surface area contributed by atoms with E-state index >= 15 is 0 Å². The molecule has 0 bridgehead atoms. The van der Waals surface area contributed by atoms with Crippen molar-refractivity contribution < 1.29 is 14.3 Å². The molecule has 0 radical (unpaired) electrons. The molecule has 34 heavy (non-hydrogen) atoms. The lowest BCUT2D eigenvalue weighted by Crippen LogP contribution is -2.24. The topological polar surface area (TPSA) is 99.8 Å². The highest BCUT2D eigenvalue weighted by Gasteiger charge is 2.17. The molecule has 178 valence electrons. The number of carbonyl (C=O) groups is 1. The molecule has 0 spiro atoms. The average Bonchev–Trinajstić information content (AvgIpc) is 3.26. The van der Waals surface area contributed by atoms with Crippen LogP contribution in [-0.2, 0) is 16.1 Å². The fraction of sp³-hybridized carbons (Fsp3) is 0.333. The minimum Gasteiger partial charge on any atom is -0.497 e. The van der Waals surface area contributed by atoms with Crippen LogP contribution in [-0.4, -0.2) is 50.6 Å². The van der Waals surface area contributed by atoms with Crippen LogP contribution >= 0.6 is 11.8 Å². The van der Waals surface area contributed by atoms with Gasteiger partial charge in [0.05, 0.1) is 29.9 Å². The molecule has 0 aliphatic heterocycles. The van der Waals surface area contributed by atoms with Crippen molar-refractivity contribution in [1.29, 1.82) is 0 Å². The number of hydrogen-bond acceptors (Lipinski definition) is 7. The fourth-order valence-corrected chi connectivity index (χ4v) is 4.31. The molecule has 4 rings (SSSR count). The largest absolute Gasteiger partial charge is 0.497 e. The van der Waals surface area contributed by atoms with Gasteiger partial charge in [0.25, 0.3) is 5.56 Å². The molecule has 1 N–H and O–H groups in total. The number of ether oxygens (including phenoxy) is 2. The number of hydrogen-bond donors (Lipinski definition) is 1. The standard InChI is InChI=1S/C24H27N5O4S/c1-16(2)33-14-6-13-28-22(31)19-7-4-5-8-20(19)29-23(28)26-27-24(29)34-15-21(30)25-17-9-11-18(32-3)12-10-17/h4-5,7-12,16H,6,13-15H2,1-3H3,(H,25,30). The van der Waals surface area contributed by atoms with E-state index in [4.69, 9.17) is 9.47 Å². The Hall–Kier alpha value is -3.37. The van der Waals surface area contributed by atoms with Crippen molar-refractivity contribution in [3.63, 3.8) is 0 Å². The number of benzene rings is 2. The number of amides is 1. The summed E-state index contributed by atoms with van der Waals surface area (Å²) < 4.78 is 14.2. The van der Waals surface area contributed by atoms with E-state index in [1.807, 2.05) is 36.4 Å². The zero-order valence-electron chi connectivity index (χ0n) is 19.4. The minimum absolute atomic E-state index is 0.117. The normalized spacial score (nSPS) is 11.4. The number of aromatic nitrogens is 4. The monoisotopic (exact) mass is 481 g/mol. The lowest BCUT2D eigenvalue weighted by molar-refractivity contribution is -0.113. The molecule has 0 saturated carbocycles.